The van der Waals surface area contributed by atoms with Crippen LogP contribution < -0.4 is 10.5 Å². The zero-order valence-electron chi connectivity index (χ0n) is 11.0. The summed E-state index contributed by atoms with van der Waals surface area (Å²) < 4.78 is 7.09. The van der Waals surface area contributed by atoms with Crippen molar-refractivity contribution in [3.05, 3.63) is 58.1 Å². The van der Waals surface area contributed by atoms with Crippen LogP contribution in [-0.4, -0.2) is 5.60 Å². The Morgan fingerprint density at radius 2 is 1.84 bits per heavy atom. The average Bonchev–Trinajstić information content (AvgIpc) is 2.61. The highest BCUT2D eigenvalue weighted by Gasteiger charge is 2.43. The molecular formula is C16H16BrNO. The first-order chi connectivity index (χ1) is 8.99. The summed E-state index contributed by atoms with van der Waals surface area (Å²) >= 11 is 3.52. The average molecular weight is 318 g/mol. The molecule has 0 fully saturated rings. The molecule has 1 atom stereocenters. The maximum atomic E-state index is 6.10. The summed E-state index contributed by atoms with van der Waals surface area (Å²) in [6, 6.07) is 14.4. The maximum absolute atomic E-state index is 6.10. The van der Waals surface area contributed by atoms with E-state index in [-0.39, 0.29) is 11.5 Å². The molecule has 98 valence electrons. The summed E-state index contributed by atoms with van der Waals surface area (Å²) in [5.41, 5.74) is 8.89. The van der Waals surface area contributed by atoms with Crippen LogP contribution in [0.25, 0.3) is 0 Å². The van der Waals surface area contributed by atoms with Crippen LogP contribution in [0.4, 0.5) is 5.69 Å². The van der Waals surface area contributed by atoms with Crippen LogP contribution in [0.1, 0.15) is 30.9 Å². The molecular weight excluding hydrogens is 302 g/mol. The van der Waals surface area contributed by atoms with Gasteiger partial charge in [0.1, 0.15) is 11.4 Å². The predicted octanol–water partition coefficient (Wildman–Crippen LogP) is 4.33. The minimum absolute atomic E-state index is 0.198. The summed E-state index contributed by atoms with van der Waals surface area (Å²) in [5, 5.41) is 0. The molecule has 0 amide bonds. The fraction of sp³-hybridized carbons (Fsp3) is 0.250. The van der Waals surface area contributed by atoms with E-state index in [9.17, 15) is 0 Å². The predicted molar refractivity (Wildman–Crippen MR) is 81.5 cm³/mol. The van der Waals surface area contributed by atoms with Crippen LogP contribution in [0, 0.1) is 0 Å². The second kappa shape index (κ2) is 4.27. The molecule has 3 rings (SSSR count). The zero-order valence-corrected chi connectivity index (χ0v) is 12.6. The van der Waals surface area contributed by atoms with Gasteiger partial charge in [-0.2, -0.15) is 0 Å². The van der Waals surface area contributed by atoms with E-state index in [1.54, 1.807) is 0 Å². The van der Waals surface area contributed by atoms with Crippen molar-refractivity contribution in [1.82, 2.24) is 0 Å². The molecule has 2 aromatic rings. The van der Waals surface area contributed by atoms with Gasteiger partial charge in [-0.05, 0) is 31.5 Å². The fourth-order valence-electron chi connectivity index (χ4n) is 2.89. The van der Waals surface area contributed by atoms with Gasteiger partial charge in [-0.25, -0.2) is 0 Å². The summed E-state index contributed by atoms with van der Waals surface area (Å²) in [6.07, 6.45) is 0. The SMILES string of the molecule is CC1(C)Oc2c(N)cc(Br)cc2C1c1ccccc1. The van der Waals surface area contributed by atoms with Gasteiger partial charge in [0.2, 0.25) is 0 Å². The van der Waals surface area contributed by atoms with E-state index >= 15 is 0 Å². The first-order valence-electron chi connectivity index (χ1n) is 6.32. The number of anilines is 1. The lowest BCUT2D eigenvalue weighted by Gasteiger charge is -2.26. The maximum Gasteiger partial charge on any atom is 0.147 e. The molecule has 3 heteroatoms. The van der Waals surface area contributed by atoms with Crippen molar-refractivity contribution in [3.8, 4) is 5.75 Å². The molecule has 0 radical (unpaired) electrons. The van der Waals surface area contributed by atoms with Gasteiger partial charge in [-0.3, -0.25) is 0 Å². The van der Waals surface area contributed by atoms with Gasteiger partial charge in [0.25, 0.3) is 0 Å². The van der Waals surface area contributed by atoms with E-state index in [1.165, 1.54) is 5.56 Å². The van der Waals surface area contributed by atoms with E-state index in [0.29, 0.717) is 5.69 Å². The van der Waals surface area contributed by atoms with E-state index in [4.69, 9.17) is 10.5 Å². The Morgan fingerprint density at radius 1 is 1.16 bits per heavy atom. The van der Waals surface area contributed by atoms with Crippen molar-refractivity contribution in [3.63, 3.8) is 0 Å². The van der Waals surface area contributed by atoms with Crippen LogP contribution in [0.2, 0.25) is 0 Å². The number of ether oxygens (including phenoxy) is 1. The first kappa shape index (κ1) is 12.5. The van der Waals surface area contributed by atoms with Crippen LogP contribution in [0.15, 0.2) is 46.9 Å². The van der Waals surface area contributed by atoms with Crippen molar-refractivity contribution in [2.75, 3.05) is 5.73 Å². The van der Waals surface area contributed by atoms with Crippen molar-refractivity contribution >= 4 is 21.6 Å². The molecule has 0 aliphatic carbocycles. The van der Waals surface area contributed by atoms with Crippen molar-refractivity contribution in [2.45, 2.75) is 25.4 Å². The highest BCUT2D eigenvalue weighted by Crippen LogP contribution is 2.51. The standard InChI is InChI=1S/C16H16BrNO/c1-16(2)14(10-6-4-3-5-7-10)12-8-11(17)9-13(18)15(12)19-16/h3-9,14H,18H2,1-2H3. The van der Waals surface area contributed by atoms with Gasteiger partial charge in [0.15, 0.2) is 0 Å². The fourth-order valence-corrected chi connectivity index (χ4v) is 3.38. The highest BCUT2D eigenvalue weighted by atomic mass is 79.9. The normalized spacial score (nSPS) is 19.8. The van der Waals surface area contributed by atoms with Gasteiger partial charge < -0.3 is 10.5 Å². The Labute approximate surface area is 121 Å². The van der Waals surface area contributed by atoms with E-state index in [2.05, 4.69) is 60.1 Å². The smallest absolute Gasteiger partial charge is 0.147 e. The quantitative estimate of drug-likeness (QED) is 0.794. The highest BCUT2D eigenvalue weighted by molar-refractivity contribution is 9.10. The minimum Gasteiger partial charge on any atom is -0.484 e. The van der Waals surface area contributed by atoms with Crippen LogP contribution in [0.5, 0.6) is 5.75 Å². The van der Waals surface area contributed by atoms with E-state index in [1.807, 2.05) is 12.1 Å². The number of fused-ring (bicyclic) bond motifs is 1. The molecule has 1 aliphatic heterocycles. The molecule has 0 saturated carbocycles. The lowest BCUT2D eigenvalue weighted by molar-refractivity contribution is 0.123. The molecule has 0 spiro atoms. The summed E-state index contributed by atoms with van der Waals surface area (Å²) in [4.78, 5) is 0. The molecule has 2 N–H and O–H groups in total. The molecule has 2 nitrogen and oxygen atoms in total. The number of nitrogens with two attached hydrogens (primary N) is 1. The third kappa shape index (κ3) is 2.02. The summed E-state index contributed by atoms with van der Waals surface area (Å²) in [6.45, 7) is 4.22. The van der Waals surface area contributed by atoms with Gasteiger partial charge in [0.05, 0.1) is 11.6 Å². The zero-order chi connectivity index (χ0) is 13.6. The lowest BCUT2D eigenvalue weighted by atomic mass is 9.81. The molecule has 2 aromatic carbocycles. The van der Waals surface area contributed by atoms with Crippen molar-refractivity contribution in [1.29, 1.82) is 0 Å². The van der Waals surface area contributed by atoms with E-state index in [0.717, 1.165) is 15.8 Å². The summed E-state index contributed by atoms with van der Waals surface area (Å²) in [5.74, 6) is 1.02. The van der Waals surface area contributed by atoms with E-state index < -0.39 is 0 Å². The van der Waals surface area contributed by atoms with Gasteiger partial charge >= 0.3 is 0 Å². The molecule has 1 unspecified atom stereocenters. The lowest BCUT2D eigenvalue weighted by Crippen LogP contribution is -2.30. The molecule has 0 saturated heterocycles. The second-order valence-electron chi connectivity index (χ2n) is 5.46. The Hall–Kier alpha value is -1.48. The van der Waals surface area contributed by atoms with Crippen molar-refractivity contribution in [2.24, 2.45) is 0 Å². The van der Waals surface area contributed by atoms with Crippen LogP contribution in [-0.2, 0) is 0 Å². The number of nitrogen functional groups attached to an aromatic ring is 1. The number of hydrogen-bond acceptors (Lipinski definition) is 2. The molecule has 0 aromatic heterocycles. The van der Waals surface area contributed by atoms with Gasteiger partial charge in [-0.1, -0.05) is 46.3 Å². The Kier molecular flexibility index (Phi) is 2.82. The second-order valence-corrected chi connectivity index (χ2v) is 6.38. The third-order valence-electron chi connectivity index (χ3n) is 3.62. The number of hydrogen-bond donors (Lipinski definition) is 1. The van der Waals surface area contributed by atoms with Gasteiger partial charge in [-0.15, -0.1) is 0 Å². The molecule has 0 bridgehead atoms. The van der Waals surface area contributed by atoms with Crippen LogP contribution in [0.3, 0.4) is 0 Å². The molecule has 19 heavy (non-hydrogen) atoms. The largest absolute Gasteiger partial charge is 0.484 e. The Morgan fingerprint density at radius 3 is 2.53 bits per heavy atom. The topological polar surface area (TPSA) is 35.2 Å². The minimum atomic E-state index is -0.293. The molecule has 1 heterocycles. The van der Waals surface area contributed by atoms with Crippen molar-refractivity contribution < 1.29 is 4.74 Å². The Bertz CT molecular complexity index is 622. The summed E-state index contributed by atoms with van der Waals surface area (Å²) in [7, 11) is 0. The first-order valence-corrected chi connectivity index (χ1v) is 7.11. The monoisotopic (exact) mass is 317 g/mol. The number of halogens is 1. The number of benzene rings is 2. The molecule has 1 aliphatic rings. The van der Waals surface area contributed by atoms with Gasteiger partial charge in [0, 0.05) is 10.0 Å². The third-order valence-corrected chi connectivity index (χ3v) is 4.07. The Balaban J connectivity index is 2.21. The number of rotatable bonds is 1. The van der Waals surface area contributed by atoms with Crippen LogP contribution >= 0.6 is 15.9 Å².